The van der Waals surface area contributed by atoms with Gasteiger partial charge in [-0.05, 0) is 30.9 Å². The Kier molecular flexibility index (Phi) is 6.45. The van der Waals surface area contributed by atoms with E-state index in [1.54, 1.807) is 12.1 Å². The van der Waals surface area contributed by atoms with E-state index in [1.807, 2.05) is 23.1 Å². The average Bonchev–Trinajstić information content (AvgIpc) is 3.08. The van der Waals surface area contributed by atoms with Gasteiger partial charge in [-0.25, -0.2) is 4.79 Å². The lowest BCUT2D eigenvalue weighted by atomic mass is 9.99. The fraction of sp³-hybridized carbons (Fsp3) is 0.412. The number of piperidine rings is 1. The smallest absolute Gasteiger partial charge is 0.325 e. The average molecular weight is 392 g/mol. The number of nitrogens with zero attached hydrogens (tertiary/aromatic N) is 3. The third-order valence-electron chi connectivity index (χ3n) is 4.11. The Bertz CT molecular complexity index is 745. The molecule has 26 heavy (non-hydrogen) atoms. The van der Waals surface area contributed by atoms with E-state index in [0.717, 1.165) is 25.9 Å². The Morgan fingerprint density at radius 2 is 1.92 bits per heavy atom. The van der Waals surface area contributed by atoms with Gasteiger partial charge in [0.1, 0.15) is 0 Å². The van der Waals surface area contributed by atoms with Gasteiger partial charge in [0.2, 0.25) is 11.0 Å². The van der Waals surface area contributed by atoms with E-state index in [2.05, 4.69) is 27.8 Å². The number of carbonyl (C=O) groups excluding carboxylic acids is 2. The summed E-state index contributed by atoms with van der Waals surface area (Å²) >= 11 is 2.62. The lowest BCUT2D eigenvalue weighted by Crippen LogP contribution is -2.38. The minimum atomic E-state index is -0.373. The summed E-state index contributed by atoms with van der Waals surface area (Å²) in [7, 11) is 0. The number of urea groups is 1. The number of benzene rings is 1. The lowest BCUT2D eigenvalue weighted by molar-refractivity contribution is -0.129. The highest BCUT2D eigenvalue weighted by Crippen LogP contribution is 2.26. The SMILES string of the molecule is CC1CCN(C(=O)CSc2nnc(NC(=O)Nc3ccccc3)s2)CC1. The standard InChI is InChI=1S/C17H21N5O2S2/c1-12-7-9-22(10-8-12)14(23)11-25-17-21-20-16(26-17)19-15(24)18-13-5-3-2-4-6-13/h2-6,12H,7-11H2,1H3,(H2,18,19,20,24). The van der Waals surface area contributed by atoms with Gasteiger partial charge in [-0.15, -0.1) is 10.2 Å². The van der Waals surface area contributed by atoms with Gasteiger partial charge in [0.15, 0.2) is 4.34 Å². The quantitative estimate of drug-likeness (QED) is 0.601. The van der Waals surface area contributed by atoms with Crippen molar-refractivity contribution in [1.29, 1.82) is 0 Å². The molecule has 1 aromatic carbocycles. The molecule has 7 nitrogen and oxygen atoms in total. The number of carbonyl (C=O) groups is 2. The molecule has 0 saturated carbocycles. The highest BCUT2D eigenvalue weighted by Gasteiger charge is 2.20. The number of hydrogen-bond donors (Lipinski definition) is 2. The zero-order chi connectivity index (χ0) is 18.4. The molecule has 138 valence electrons. The first kappa shape index (κ1) is 18.7. The summed E-state index contributed by atoms with van der Waals surface area (Å²) in [6.07, 6.45) is 2.14. The number of amides is 3. The summed E-state index contributed by atoms with van der Waals surface area (Å²) in [4.78, 5) is 26.1. The Balaban J connectivity index is 1.44. The van der Waals surface area contributed by atoms with Crippen LogP contribution in [0.3, 0.4) is 0 Å². The molecule has 1 aliphatic heterocycles. The Hall–Kier alpha value is -2.13. The molecule has 2 heterocycles. The van der Waals surface area contributed by atoms with Gasteiger partial charge in [0.25, 0.3) is 0 Å². The van der Waals surface area contributed by atoms with Crippen LogP contribution in [0.5, 0.6) is 0 Å². The first-order valence-corrected chi connectivity index (χ1v) is 10.3. The number of thioether (sulfide) groups is 1. The van der Waals surface area contributed by atoms with Crippen LogP contribution in [0.2, 0.25) is 0 Å². The van der Waals surface area contributed by atoms with E-state index in [1.165, 1.54) is 23.1 Å². The summed E-state index contributed by atoms with van der Waals surface area (Å²) in [5.41, 5.74) is 0.700. The number of aromatic nitrogens is 2. The van der Waals surface area contributed by atoms with Crippen molar-refractivity contribution in [3.63, 3.8) is 0 Å². The predicted octanol–water partition coefficient (Wildman–Crippen LogP) is 3.53. The molecule has 3 amide bonds. The zero-order valence-corrected chi connectivity index (χ0v) is 16.1. The second-order valence-corrected chi connectivity index (χ2v) is 8.37. The summed E-state index contributed by atoms with van der Waals surface area (Å²) in [5, 5.41) is 13.7. The normalized spacial score (nSPS) is 14.9. The molecule has 0 spiro atoms. The van der Waals surface area contributed by atoms with Crippen molar-refractivity contribution >= 4 is 45.9 Å². The number of hydrogen-bond acceptors (Lipinski definition) is 6. The van der Waals surface area contributed by atoms with E-state index in [4.69, 9.17) is 0 Å². The molecule has 1 saturated heterocycles. The Labute approximate surface area is 160 Å². The van der Waals surface area contributed by atoms with E-state index in [9.17, 15) is 9.59 Å². The molecule has 0 radical (unpaired) electrons. The van der Waals surface area contributed by atoms with Crippen LogP contribution >= 0.6 is 23.1 Å². The van der Waals surface area contributed by atoms with Crippen LogP contribution in [-0.4, -0.2) is 45.9 Å². The van der Waals surface area contributed by atoms with E-state index in [-0.39, 0.29) is 11.9 Å². The summed E-state index contributed by atoms with van der Waals surface area (Å²) < 4.78 is 0.665. The Morgan fingerprint density at radius 1 is 1.19 bits per heavy atom. The monoisotopic (exact) mass is 391 g/mol. The van der Waals surface area contributed by atoms with Crippen molar-refractivity contribution in [2.75, 3.05) is 29.5 Å². The maximum atomic E-state index is 12.2. The first-order chi connectivity index (χ1) is 12.6. The second-order valence-electron chi connectivity index (χ2n) is 6.17. The molecular weight excluding hydrogens is 370 g/mol. The number of rotatable bonds is 5. The molecule has 1 aromatic heterocycles. The minimum Gasteiger partial charge on any atom is -0.342 e. The predicted molar refractivity (Wildman–Crippen MR) is 105 cm³/mol. The lowest BCUT2D eigenvalue weighted by Gasteiger charge is -2.30. The number of anilines is 2. The van der Waals surface area contributed by atoms with Gasteiger partial charge in [0, 0.05) is 18.8 Å². The van der Waals surface area contributed by atoms with E-state index < -0.39 is 0 Å². The molecule has 0 aliphatic carbocycles. The highest BCUT2D eigenvalue weighted by atomic mass is 32.2. The summed E-state index contributed by atoms with van der Waals surface area (Å²) in [5.74, 6) is 1.18. The van der Waals surface area contributed by atoms with E-state index >= 15 is 0 Å². The number of nitrogens with one attached hydrogen (secondary N) is 2. The summed E-state index contributed by atoms with van der Waals surface area (Å²) in [6, 6.07) is 8.79. The molecule has 9 heteroatoms. The van der Waals surface area contributed by atoms with Crippen LogP contribution in [0, 0.1) is 5.92 Å². The van der Waals surface area contributed by atoms with Gasteiger partial charge in [-0.3, -0.25) is 10.1 Å². The van der Waals surface area contributed by atoms with Crippen LogP contribution in [0.15, 0.2) is 34.7 Å². The van der Waals surface area contributed by atoms with Gasteiger partial charge >= 0.3 is 6.03 Å². The van der Waals surface area contributed by atoms with Crippen molar-refractivity contribution in [3.05, 3.63) is 30.3 Å². The van der Waals surface area contributed by atoms with Crippen LogP contribution in [-0.2, 0) is 4.79 Å². The third-order valence-corrected chi connectivity index (χ3v) is 6.07. The highest BCUT2D eigenvalue weighted by molar-refractivity contribution is 8.01. The van der Waals surface area contributed by atoms with Gasteiger partial charge in [-0.2, -0.15) is 0 Å². The van der Waals surface area contributed by atoms with Gasteiger partial charge in [0.05, 0.1) is 5.75 Å². The van der Waals surface area contributed by atoms with Crippen molar-refractivity contribution in [3.8, 4) is 0 Å². The molecule has 0 atom stereocenters. The molecule has 2 aromatic rings. The van der Waals surface area contributed by atoms with Gasteiger partial charge < -0.3 is 10.2 Å². The molecule has 1 aliphatic rings. The van der Waals surface area contributed by atoms with Crippen molar-refractivity contribution in [2.45, 2.75) is 24.1 Å². The fourth-order valence-electron chi connectivity index (χ4n) is 2.57. The minimum absolute atomic E-state index is 0.133. The maximum Gasteiger partial charge on any atom is 0.325 e. The number of para-hydroxylation sites is 1. The fourth-order valence-corrected chi connectivity index (χ4v) is 4.22. The molecule has 0 unspecified atom stereocenters. The number of likely N-dealkylation sites (tertiary alicyclic amines) is 1. The topological polar surface area (TPSA) is 87.2 Å². The van der Waals surface area contributed by atoms with Crippen LogP contribution < -0.4 is 10.6 Å². The summed E-state index contributed by atoms with van der Waals surface area (Å²) in [6.45, 7) is 3.90. The maximum absolute atomic E-state index is 12.2. The molecule has 1 fully saturated rings. The van der Waals surface area contributed by atoms with Crippen LogP contribution in [0.4, 0.5) is 15.6 Å². The van der Waals surface area contributed by atoms with Crippen LogP contribution in [0.1, 0.15) is 19.8 Å². The molecular formula is C17H21N5O2S2. The van der Waals surface area contributed by atoms with Crippen molar-refractivity contribution < 1.29 is 9.59 Å². The van der Waals surface area contributed by atoms with Crippen LogP contribution in [0.25, 0.3) is 0 Å². The largest absolute Gasteiger partial charge is 0.342 e. The first-order valence-electron chi connectivity index (χ1n) is 8.47. The van der Waals surface area contributed by atoms with Crippen molar-refractivity contribution in [2.24, 2.45) is 5.92 Å². The second kappa shape index (κ2) is 9.00. The van der Waals surface area contributed by atoms with E-state index in [0.29, 0.717) is 26.8 Å². The molecule has 0 bridgehead atoms. The third kappa shape index (κ3) is 5.43. The van der Waals surface area contributed by atoms with Gasteiger partial charge in [-0.1, -0.05) is 48.2 Å². The molecule has 2 N–H and O–H groups in total. The molecule has 3 rings (SSSR count). The Morgan fingerprint density at radius 3 is 2.65 bits per heavy atom. The zero-order valence-electron chi connectivity index (χ0n) is 14.5. The van der Waals surface area contributed by atoms with Crippen molar-refractivity contribution in [1.82, 2.24) is 15.1 Å².